The molecule has 134 valence electrons. The van der Waals surface area contributed by atoms with E-state index in [0.29, 0.717) is 24.2 Å². The van der Waals surface area contributed by atoms with Gasteiger partial charge in [0.05, 0.1) is 12.1 Å². The first-order valence-electron chi connectivity index (χ1n) is 8.76. The van der Waals surface area contributed by atoms with Crippen molar-refractivity contribution in [3.05, 3.63) is 78.0 Å². The number of aliphatic hydroxyl groups is 1. The van der Waals surface area contributed by atoms with Gasteiger partial charge in [-0.1, -0.05) is 60.7 Å². The molecule has 0 saturated heterocycles. The molecule has 0 aliphatic carbocycles. The van der Waals surface area contributed by atoms with Crippen LogP contribution >= 0.6 is 0 Å². The molecule has 2 aromatic carbocycles. The van der Waals surface area contributed by atoms with Gasteiger partial charge in [0, 0.05) is 24.4 Å². The summed E-state index contributed by atoms with van der Waals surface area (Å²) in [6.45, 7) is 2.52. The van der Waals surface area contributed by atoms with E-state index in [0.717, 1.165) is 11.1 Å². The molecule has 5 nitrogen and oxygen atoms in total. The van der Waals surface area contributed by atoms with Crippen LogP contribution in [0.15, 0.2) is 66.9 Å². The van der Waals surface area contributed by atoms with Gasteiger partial charge in [0.2, 0.25) is 0 Å². The fourth-order valence-corrected chi connectivity index (χ4v) is 2.82. The highest BCUT2D eigenvalue weighted by atomic mass is 16.3. The van der Waals surface area contributed by atoms with Gasteiger partial charge in [-0.2, -0.15) is 5.10 Å². The van der Waals surface area contributed by atoms with Gasteiger partial charge in [-0.3, -0.25) is 9.48 Å². The van der Waals surface area contributed by atoms with Crippen molar-refractivity contribution < 1.29 is 9.90 Å². The molecule has 3 aromatic rings. The van der Waals surface area contributed by atoms with Crippen molar-refractivity contribution >= 4 is 5.91 Å². The summed E-state index contributed by atoms with van der Waals surface area (Å²) in [6.07, 6.45) is 2.31. The topological polar surface area (TPSA) is 67.2 Å². The van der Waals surface area contributed by atoms with Crippen LogP contribution in [0.2, 0.25) is 0 Å². The molecule has 3 rings (SSSR count). The molecule has 5 heteroatoms. The van der Waals surface area contributed by atoms with E-state index >= 15 is 0 Å². The quantitative estimate of drug-likeness (QED) is 0.689. The maximum absolute atomic E-state index is 12.7. The van der Waals surface area contributed by atoms with Crippen LogP contribution in [-0.4, -0.2) is 33.4 Å². The van der Waals surface area contributed by atoms with Gasteiger partial charge in [0.1, 0.15) is 5.69 Å². The first-order valence-corrected chi connectivity index (χ1v) is 8.76. The van der Waals surface area contributed by atoms with Gasteiger partial charge in [-0.25, -0.2) is 0 Å². The number of nitrogens with zero attached hydrogens (tertiary/aromatic N) is 2. The molecule has 1 amide bonds. The first kappa shape index (κ1) is 17.9. The molecule has 1 aromatic heterocycles. The summed E-state index contributed by atoms with van der Waals surface area (Å²) >= 11 is 0. The minimum atomic E-state index is -0.177. The maximum Gasteiger partial charge on any atom is 0.255 e. The van der Waals surface area contributed by atoms with E-state index in [2.05, 4.69) is 10.4 Å². The van der Waals surface area contributed by atoms with Crippen LogP contribution in [-0.2, 0) is 6.54 Å². The Bertz CT molecular complexity index is 844. The van der Waals surface area contributed by atoms with Crippen LogP contribution in [0.1, 0.15) is 29.3 Å². The van der Waals surface area contributed by atoms with Gasteiger partial charge in [-0.05, 0) is 18.9 Å². The van der Waals surface area contributed by atoms with E-state index in [9.17, 15) is 4.79 Å². The monoisotopic (exact) mass is 349 g/mol. The summed E-state index contributed by atoms with van der Waals surface area (Å²) in [7, 11) is 0. The summed E-state index contributed by atoms with van der Waals surface area (Å²) in [4.78, 5) is 12.7. The molecular formula is C21H23N3O2. The van der Waals surface area contributed by atoms with Gasteiger partial charge < -0.3 is 10.4 Å². The number of nitrogens with one attached hydrogen (secondary N) is 1. The average molecular weight is 349 g/mol. The standard InChI is InChI=1S/C21H23N3O2/c1-16(12-13-25)22-21(26)19-15-24(14-17-8-4-2-5-9-17)23-20(19)18-10-6-3-7-11-18/h2-11,15-16,25H,12-14H2,1H3,(H,22,26)/t16-/m1/s1. The highest BCUT2D eigenvalue weighted by Gasteiger charge is 2.19. The number of rotatable bonds is 7. The third kappa shape index (κ3) is 4.37. The lowest BCUT2D eigenvalue weighted by atomic mass is 10.1. The molecule has 0 bridgehead atoms. The fourth-order valence-electron chi connectivity index (χ4n) is 2.82. The van der Waals surface area contributed by atoms with Crippen LogP contribution in [0.4, 0.5) is 0 Å². The maximum atomic E-state index is 12.7. The summed E-state index contributed by atoms with van der Waals surface area (Å²) in [5.41, 5.74) is 3.22. The summed E-state index contributed by atoms with van der Waals surface area (Å²) < 4.78 is 1.79. The second-order valence-electron chi connectivity index (χ2n) is 6.33. The predicted molar refractivity (Wildman–Crippen MR) is 102 cm³/mol. The van der Waals surface area contributed by atoms with E-state index in [4.69, 9.17) is 5.11 Å². The number of amides is 1. The van der Waals surface area contributed by atoms with Crippen molar-refractivity contribution in [3.63, 3.8) is 0 Å². The lowest BCUT2D eigenvalue weighted by Gasteiger charge is -2.12. The van der Waals surface area contributed by atoms with Crippen LogP contribution in [0, 0.1) is 0 Å². The van der Waals surface area contributed by atoms with Crippen molar-refractivity contribution in [2.24, 2.45) is 0 Å². The smallest absolute Gasteiger partial charge is 0.255 e. The van der Waals surface area contributed by atoms with Crippen LogP contribution in [0.3, 0.4) is 0 Å². The van der Waals surface area contributed by atoms with Crippen LogP contribution in [0.5, 0.6) is 0 Å². The lowest BCUT2D eigenvalue weighted by molar-refractivity contribution is 0.0935. The van der Waals surface area contributed by atoms with E-state index < -0.39 is 0 Å². The molecule has 0 spiro atoms. The number of carbonyl (C=O) groups excluding carboxylic acids is 1. The van der Waals surface area contributed by atoms with Gasteiger partial charge in [-0.15, -0.1) is 0 Å². The molecule has 0 fully saturated rings. The van der Waals surface area contributed by atoms with E-state index in [1.165, 1.54) is 0 Å². The molecule has 0 saturated carbocycles. The predicted octanol–water partition coefficient (Wildman–Crippen LogP) is 3.10. The zero-order valence-electron chi connectivity index (χ0n) is 14.8. The molecule has 1 heterocycles. The Hall–Kier alpha value is -2.92. The molecule has 2 N–H and O–H groups in total. The van der Waals surface area contributed by atoms with Gasteiger partial charge >= 0.3 is 0 Å². The van der Waals surface area contributed by atoms with Gasteiger partial charge in [0.25, 0.3) is 5.91 Å². The molecule has 1 atom stereocenters. The highest BCUT2D eigenvalue weighted by Crippen LogP contribution is 2.22. The minimum Gasteiger partial charge on any atom is -0.396 e. The second-order valence-corrected chi connectivity index (χ2v) is 6.33. The van der Waals surface area contributed by atoms with E-state index in [1.54, 1.807) is 10.9 Å². The molecule has 0 radical (unpaired) electrons. The third-order valence-electron chi connectivity index (χ3n) is 4.18. The summed E-state index contributed by atoms with van der Waals surface area (Å²) in [5.74, 6) is -0.177. The van der Waals surface area contributed by atoms with E-state index in [1.807, 2.05) is 67.6 Å². The van der Waals surface area contributed by atoms with Crippen LogP contribution in [0.25, 0.3) is 11.3 Å². The molecule has 0 aliphatic heterocycles. The van der Waals surface area contributed by atoms with Crippen molar-refractivity contribution in [1.82, 2.24) is 15.1 Å². The highest BCUT2D eigenvalue weighted by molar-refractivity contribution is 5.99. The Morgan fingerprint density at radius 1 is 1.12 bits per heavy atom. The van der Waals surface area contributed by atoms with Crippen molar-refractivity contribution in [3.8, 4) is 11.3 Å². The van der Waals surface area contributed by atoms with Crippen LogP contribution < -0.4 is 5.32 Å². The van der Waals surface area contributed by atoms with Crippen molar-refractivity contribution in [2.45, 2.75) is 25.9 Å². The first-order chi connectivity index (χ1) is 12.7. The zero-order valence-corrected chi connectivity index (χ0v) is 14.8. The zero-order chi connectivity index (χ0) is 18.4. The van der Waals surface area contributed by atoms with Crippen molar-refractivity contribution in [1.29, 1.82) is 0 Å². The lowest BCUT2D eigenvalue weighted by Crippen LogP contribution is -2.33. The number of aliphatic hydroxyl groups excluding tert-OH is 1. The Kier molecular flexibility index (Phi) is 5.81. The Morgan fingerprint density at radius 2 is 1.77 bits per heavy atom. The van der Waals surface area contributed by atoms with E-state index in [-0.39, 0.29) is 18.6 Å². The summed E-state index contributed by atoms with van der Waals surface area (Å²) in [6, 6.07) is 19.6. The molecule has 0 unspecified atom stereocenters. The number of hydrogen-bond donors (Lipinski definition) is 2. The molecule has 0 aliphatic rings. The van der Waals surface area contributed by atoms with Crippen molar-refractivity contribution in [2.75, 3.05) is 6.61 Å². The summed E-state index contributed by atoms with van der Waals surface area (Å²) in [5, 5.41) is 16.6. The fraction of sp³-hybridized carbons (Fsp3) is 0.238. The second kappa shape index (κ2) is 8.45. The number of benzene rings is 2. The Balaban J connectivity index is 1.91. The largest absolute Gasteiger partial charge is 0.396 e. The molecule has 26 heavy (non-hydrogen) atoms. The number of hydrogen-bond acceptors (Lipinski definition) is 3. The Labute approximate surface area is 153 Å². The average Bonchev–Trinajstić information content (AvgIpc) is 3.07. The third-order valence-corrected chi connectivity index (χ3v) is 4.18. The van der Waals surface area contributed by atoms with Gasteiger partial charge in [0.15, 0.2) is 0 Å². The normalized spacial score (nSPS) is 11.9. The minimum absolute atomic E-state index is 0.0419. The number of aromatic nitrogens is 2. The molecular weight excluding hydrogens is 326 g/mol. The number of carbonyl (C=O) groups is 1. The SMILES string of the molecule is C[C@H](CCO)NC(=O)c1cn(Cc2ccccc2)nc1-c1ccccc1. The Morgan fingerprint density at radius 3 is 2.42 bits per heavy atom.